The smallest absolute Gasteiger partial charge is 0.255 e. The maximum Gasteiger partial charge on any atom is 0.255 e. The van der Waals surface area contributed by atoms with Crippen LogP contribution in [-0.2, 0) is 0 Å². The van der Waals surface area contributed by atoms with E-state index in [0.717, 1.165) is 31.4 Å². The molecular weight excluding hydrogens is 608 g/mol. The number of anilines is 4. The van der Waals surface area contributed by atoms with Crippen LogP contribution in [0.2, 0.25) is 0 Å². The molecule has 0 spiro atoms. The molecular formula is C30H28Br2N4O2. The van der Waals surface area contributed by atoms with Crippen molar-refractivity contribution in [3.8, 4) is 11.1 Å². The predicted octanol–water partition coefficient (Wildman–Crippen LogP) is 7.52. The lowest BCUT2D eigenvalue weighted by molar-refractivity contribution is 0.101. The van der Waals surface area contributed by atoms with Gasteiger partial charge < -0.3 is 20.4 Å². The maximum atomic E-state index is 12.7. The Morgan fingerprint density at radius 2 is 0.895 bits per heavy atom. The minimum absolute atomic E-state index is 0.182. The summed E-state index contributed by atoms with van der Waals surface area (Å²) in [6.07, 6.45) is 0. The van der Waals surface area contributed by atoms with Crippen LogP contribution in [0.25, 0.3) is 11.1 Å². The molecule has 0 radical (unpaired) electrons. The van der Waals surface area contributed by atoms with Gasteiger partial charge in [-0.25, -0.2) is 0 Å². The molecule has 0 aliphatic heterocycles. The Kier molecular flexibility index (Phi) is 8.54. The Morgan fingerprint density at radius 3 is 1.18 bits per heavy atom. The Bertz CT molecular complexity index is 1350. The van der Waals surface area contributed by atoms with E-state index in [2.05, 4.69) is 42.5 Å². The molecule has 2 amide bonds. The first kappa shape index (κ1) is 27.4. The summed E-state index contributed by atoms with van der Waals surface area (Å²) in [6, 6.07) is 26.2. The van der Waals surface area contributed by atoms with Gasteiger partial charge in [-0.3, -0.25) is 9.59 Å². The first-order valence-electron chi connectivity index (χ1n) is 11.9. The number of halogens is 2. The van der Waals surface area contributed by atoms with E-state index in [9.17, 15) is 9.59 Å². The average molecular weight is 636 g/mol. The molecule has 0 fully saturated rings. The summed E-state index contributed by atoms with van der Waals surface area (Å²) in [5, 5.41) is 5.88. The number of amides is 2. The molecule has 0 saturated heterocycles. The average Bonchev–Trinajstić information content (AvgIpc) is 2.88. The zero-order chi connectivity index (χ0) is 27.4. The number of nitrogens with one attached hydrogen (secondary N) is 2. The molecule has 0 atom stereocenters. The number of rotatable bonds is 7. The summed E-state index contributed by atoms with van der Waals surface area (Å²) >= 11 is 7.10. The van der Waals surface area contributed by atoms with Gasteiger partial charge in [0.1, 0.15) is 0 Å². The van der Waals surface area contributed by atoms with Gasteiger partial charge in [0, 0.05) is 59.6 Å². The predicted molar refractivity (Wildman–Crippen MR) is 165 cm³/mol. The number of hydrogen-bond acceptors (Lipinski definition) is 4. The van der Waals surface area contributed by atoms with Crippen LogP contribution in [0, 0.1) is 0 Å². The van der Waals surface area contributed by atoms with E-state index in [-0.39, 0.29) is 11.8 Å². The largest absolute Gasteiger partial charge is 0.377 e. The number of carbonyl (C=O) groups excluding carboxylic acids is 2. The fourth-order valence-electron chi connectivity index (χ4n) is 3.93. The van der Waals surface area contributed by atoms with E-state index in [0.29, 0.717) is 22.5 Å². The SMILES string of the molecule is CN(C)c1ccc(NC(=O)c2ccc(-c3ccc(C(=O)Nc4ccc(N(C)C)c(Br)c4)cc3)cc2)cc1Br. The van der Waals surface area contributed by atoms with Crippen LogP contribution in [0.1, 0.15) is 20.7 Å². The van der Waals surface area contributed by atoms with Crippen LogP contribution in [0.3, 0.4) is 0 Å². The van der Waals surface area contributed by atoms with Gasteiger partial charge in [0.2, 0.25) is 0 Å². The molecule has 4 aromatic rings. The van der Waals surface area contributed by atoms with E-state index in [1.807, 2.05) is 98.7 Å². The zero-order valence-corrected chi connectivity index (χ0v) is 24.7. The second kappa shape index (κ2) is 11.8. The molecule has 0 aliphatic carbocycles. The van der Waals surface area contributed by atoms with Gasteiger partial charge in [-0.15, -0.1) is 0 Å². The third kappa shape index (κ3) is 6.44. The molecule has 4 rings (SSSR count). The topological polar surface area (TPSA) is 64.7 Å². The zero-order valence-electron chi connectivity index (χ0n) is 21.5. The van der Waals surface area contributed by atoms with Gasteiger partial charge in [-0.05, 0) is 104 Å². The van der Waals surface area contributed by atoms with E-state index in [1.165, 1.54) is 0 Å². The maximum absolute atomic E-state index is 12.7. The highest BCUT2D eigenvalue weighted by Gasteiger charge is 2.11. The lowest BCUT2D eigenvalue weighted by Gasteiger charge is -2.16. The lowest BCUT2D eigenvalue weighted by atomic mass is 10.0. The van der Waals surface area contributed by atoms with Crippen molar-refractivity contribution < 1.29 is 9.59 Å². The van der Waals surface area contributed by atoms with Crippen molar-refractivity contribution in [2.45, 2.75) is 0 Å². The molecule has 0 aliphatic rings. The number of nitrogens with zero attached hydrogens (tertiary/aromatic N) is 2. The van der Waals surface area contributed by atoms with E-state index in [1.54, 1.807) is 24.3 Å². The van der Waals surface area contributed by atoms with Crippen LogP contribution in [0.4, 0.5) is 22.7 Å². The van der Waals surface area contributed by atoms with Gasteiger partial charge in [-0.1, -0.05) is 24.3 Å². The number of carbonyl (C=O) groups is 2. The molecule has 6 nitrogen and oxygen atoms in total. The quantitative estimate of drug-likeness (QED) is 0.221. The van der Waals surface area contributed by atoms with Crippen molar-refractivity contribution in [2.75, 3.05) is 48.6 Å². The van der Waals surface area contributed by atoms with Gasteiger partial charge >= 0.3 is 0 Å². The highest BCUT2D eigenvalue weighted by Crippen LogP contribution is 2.29. The van der Waals surface area contributed by atoms with Crippen molar-refractivity contribution in [1.29, 1.82) is 0 Å². The molecule has 2 N–H and O–H groups in total. The molecule has 0 unspecified atom stereocenters. The molecule has 0 heterocycles. The standard InChI is InChI=1S/C30H28Br2N4O2/c1-35(2)27-15-13-23(17-25(27)31)33-29(37)21-9-5-19(6-10-21)20-7-11-22(12-8-20)30(38)34-24-14-16-28(36(3)4)26(32)18-24/h5-18H,1-4H3,(H,33,37)(H,34,38). The third-order valence-corrected chi connectivity index (χ3v) is 7.27. The van der Waals surface area contributed by atoms with Crippen molar-refractivity contribution in [2.24, 2.45) is 0 Å². The van der Waals surface area contributed by atoms with Crippen LogP contribution < -0.4 is 20.4 Å². The van der Waals surface area contributed by atoms with E-state index >= 15 is 0 Å². The summed E-state index contributed by atoms with van der Waals surface area (Å²) in [5.41, 5.74) is 6.51. The van der Waals surface area contributed by atoms with E-state index < -0.39 is 0 Å². The van der Waals surface area contributed by atoms with Crippen molar-refractivity contribution in [3.63, 3.8) is 0 Å². The molecule has 0 saturated carbocycles. The highest BCUT2D eigenvalue weighted by atomic mass is 79.9. The second-order valence-electron chi connectivity index (χ2n) is 9.18. The van der Waals surface area contributed by atoms with Crippen LogP contribution >= 0.6 is 31.9 Å². The molecule has 0 aromatic heterocycles. The lowest BCUT2D eigenvalue weighted by Crippen LogP contribution is -2.13. The normalized spacial score (nSPS) is 10.6. The minimum Gasteiger partial charge on any atom is -0.377 e. The minimum atomic E-state index is -0.182. The summed E-state index contributed by atoms with van der Waals surface area (Å²) in [7, 11) is 7.86. The summed E-state index contributed by atoms with van der Waals surface area (Å²) < 4.78 is 1.81. The van der Waals surface area contributed by atoms with Crippen molar-refractivity contribution >= 4 is 66.4 Å². The molecule has 194 valence electrons. The van der Waals surface area contributed by atoms with Crippen LogP contribution in [-0.4, -0.2) is 40.0 Å². The van der Waals surface area contributed by atoms with Gasteiger partial charge in [0.25, 0.3) is 11.8 Å². The Morgan fingerprint density at radius 1 is 0.553 bits per heavy atom. The Labute approximate surface area is 239 Å². The number of benzene rings is 4. The number of hydrogen-bond donors (Lipinski definition) is 2. The van der Waals surface area contributed by atoms with Gasteiger partial charge in [-0.2, -0.15) is 0 Å². The molecule has 0 bridgehead atoms. The first-order valence-corrected chi connectivity index (χ1v) is 13.5. The fraction of sp³-hybridized carbons (Fsp3) is 0.133. The van der Waals surface area contributed by atoms with E-state index in [4.69, 9.17) is 0 Å². The van der Waals surface area contributed by atoms with Crippen LogP contribution in [0.5, 0.6) is 0 Å². The Hall–Kier alpha value is -3.62. The third-order valence-electron chi connectivity index (χ3n) is 6.00. The van der Waals surface area contributed by atoms with Crippen molar-refractivity contribution in [1.82, 2.24) is 0 Å². The van der Waals surface area contributed by atoms with Crippen molar-refractivity contribution in [3.05, 3.63) is 105 Å². The fourth-order valence-corrected chi connectivity index (χ4v) is 5.40. The first-order chi connectivity index (χ1) is 18.1. The summed E-state index contributed by atoms with van der Waals surface area (Å²) in [6.45, 7) is 0. The highest BCUT2D eigenvalue weighted by molar-refractivity contribution is 9.11. The van der Waals surface area contributed by atoms with Gasteiger partial charge in [0.05, 0.1) is 11.4 Å². The summed E-state index contributed by atoms with van der Waals surface area (Å²) in [5.74, 6) is -0.364. The molecule has 38 heavy (non-hydrogen) atoms. The monoisotopic (exact) mass is 634 g/mol. The van der Waals surface area contributed by atoms with Gasteiger partial charge in [0.15, 0.2) is 0 Å². The second-order valence-corrected chi connectivity index (χ2v) is 10.9. The molecule has 4 aromatic carbocycles. The molecule has 8 heteroatoms. The summed E-state index contributed by atoms with van der Waals surface area (Å²) in [4.78, 5) is 29.5. The Balaban J connectivity index is 1.40. The van der Waals surface area contributed by atoms with Crippen LogP contribution in [0.15, 0.2) is 93.9 Å².